The Balaban J connectivity index is 1.30. The molecular formula is C28H31N5O2. The highest BCUT2D eigenvalue weighted by Crippen LogP contribution is 2.37. The lowest BCUT2D eigenvalue weighted by Crippen LogP contribution is -2.34. The van der Waals surface area contributed by atoms with E-state index < -0.39 is 0 Å². The van der Waals surface area contributed by atoms with Gasteiger partial charge in [0.25, 0.3) is 0 Å². The van der Waals surface area contributed by atoms with Gasteiger partial charge in [-0.3, -0.25) is 5.10 Å². The number of rotatable bonds is 6. The molecule has 2 N–H and O–H groups in total. The molecule has 3 heterocycles. The van der Waals surface area contributed by atoms with E-state index in [9.17, 15) is 0 Å². The molecule has 0 aliphatic heterocycles. The van der Waals surface area contributed by atoms with Gasteiger partial charge in [0.15, 0.2) is 0 Å². The first kappa shape index (κ1) is 22.0. The molecule has 2 aromatic carbocycles. The van der Waals surface area contributed by atoms with Gasteiger partial charge >= 0.3 is 0 Å². The predicted octanol–water partition coefficient (Wildman–Crippen LogP) is 6.74. The van der Waals surface area contributed by atoms with Gasteiger partial charge in [0, 0.05) is 22.5 Å². The van der Waals surface area contributed by atoms with Gasteiger partial charge in [-0.15, -0.1) is 10.2 Å². The minimum Gasteiger partial charge on any atom is -0.418 e. The van der Waals surface area contributed by atoms with Crippen LogP contribution < -0.4 is 0 Å². The average molecular weight is 470 g/mol. The van der Waals surface area contributed by atoms with Gasteiger partial charge in [0.05, 0.1) is 23.4 Å². The summed E-state index contributed by atoms with van der Waals surface area (Å²) in [5.74, 6) is 2.86. The third-order valence-corrected chi connectivity index (χ3v) is 7.54. The van der Waals surface area contributed by atoms with Crippen LogP contribution in [0.5, 0.6) is 0 Å². The number of aromatic nitrogens is 5. The summed E-state index contributed by atoms with van der Waals surface area (Å²) < 4.78 is 12.5. The Morgan fingerprint density at radius 2 is 1.97 bits per heavy atom. The van der Waals surface area contributed by atoms with Gasteiger partial charge in [-0.2, -0.15) is 5.10 Å². The third-order valence-electron chi connectivity index (χ3n) is 7.54. The third kappa shape index (κ3) is 4.14. The van der Waals surface area contributed by atoms with E-state index in [1.54, 1.807) is 0 Å². The summed E-state index contributed by atoms with van der Waals surface area (Å²) in [5, 5.41) is 18.2. The molecule has 7 heteroatoms. The van der Waals surface area contributed by atoms with Crippen molar-refractivity contribution < 1.29 is 9.15 Å². The first-order valence-electron chi connectivity index (χ1n) is 12.5. The molecule has 0 amide bonds. The number of hydrogen-bond acceptors (Lipinski definition) is 5. The Morgan fingerprint density at radius 3 is 2.86 bits per heavy atom. The van der Waals surface area contributed by atoms with E-state index in [1.165, 1.54) is 18.2 Å². The van der Waals surface area contributed by atoms with E-state index in [1.807, 2.05) is 12.4 Å². The number of ether oxygens (including phenoxy) is 1. The van der Waals surface area contributed by atoms with Crippen LogP contribution in [0.4, 0.5) is 0 Å². The van der Waals surface area contributed by atoms with E-state index in [4.69, 9.17) is 9.15 Å². The lowest BCUT2D eigenvalue weighted by atomic mass is 9.75. The van der Waals surface area contributed by atoms with Crippen molar-refractivity contribution in [1.29, 1.82) is 0 Å². The lowest BCUT2D eigenvalue weighted by molar-refractivity contribution is -0.0535. The SMILES string of the molecule is CC(C)[C@@H]1CC[C@@H](C)C[C@H]1OCc1nnc(-c2cc(-c3cccc4[nH]ccc34)cc3[nH]ncc23)o1. The number of fused-ring (bicyclic) bond motifs is 2. The molecule has 1 fully saturated rings. The molecule has 0 radical (unpaired) electrons. The number of hydrogen-bond donors (Lipinski definition) is 2. The minimum atomic E-state index is 0.236. The van der Waals surface area contributed by atoms with Crippen molar-refractivity contribution in [2.24, 2.45) is 17.8 Å². The average Bonchev–Trinajstić information content (AvgIpc) is 3.62. The number of nitrogens with zero attached hydrogens (tertiary/aromatic N) is 3. The first-order valence-corrected chi connectivity index (χ1v) is 12.5. The summed E-state index contributed by atoms with van der Waals surface area (Å²) >= 11 is 0. The molecule has 35 heavy (non-hydrogen) atoms. The molecular weight excluding hydrogens is 438 g/mol. The summed E-state index contributed by atoms with van der Waals surface area (Å²) in [6.45, 7) is 7.23. The van der Waals surface area contributed by atoms with Gasteiger partial charge < -0.3 is 14.1 Å². The molecule has 7 nitrogen and oxygen atoms in total. The largest absolute Gasteiger partial charge is 0.418 e. The minimum absolute atomic E-state index is 0.236. The molecule has 0 saturated heterocycles. The van der Waals surface area contributed by atoms with Crippen molar-refractivity contribution in [3.05, 3.63) is 54.7 Å². The van der Waals surface area contributed by atoms with Crippen molar-refractivity contribution in [1.82, 2.24) is 25.4 Å². The van der Waals surface area contributed by atoms with Crippen LogP contribution in [0.15, 0.2) is 53.2 Å². The highest BCUT2D eigenvalue weighted by molar-refractivity contribution is 6.01. The van der Waals surface area contributed by atoms with E-state index in [2.05, 4.69) is 82.5 Å². The van der Waals surface area contributed by atoms with Crippen LogP contribution in [0.25, 0.3) is 44.4 Å². The predicted molar refractivity (Wildman–Crippen MR) is 137 cm³/mol. The fourth-order valence-electron chi connectivity index (χ4n) is 5.63. The molecule has 3 aromatic heterocycles. The Hall–Kier alpha value is -3.45. The van der Waals surface area contributed by atoms with Crippen molar-refractivity contribution in [2.45, 2.75) is 52.7 Å². The molecule has 1 aliphatic rings. The van der Waals surface area contributed by atoms with Crippen molar-refractivity contribution >= 4 is 21.8 Å². The lowest BCUT2D eigenvalue weighted by Gasteiger charge is -2.36. The molecule has 0 unspecified atom stereocenters. The zero-order valence-corrected chi connectivity index (χ0v) is 20.4. The van der Waals surface area contributed by atoms with Crippen LogP contribution in [0.1, 0.15) is 45.9 Å². The quantitative estimate of drug-likeness (QED) is 0.287. The van der Waals surface area contributed by atoms with Crippen molar-refractivity contribution in [3.63, 3.8) is 0 Å². The van der Waals surface area contributed by atoms with Gasteiger partial charge in [-0.25, -0.2) is 0 Å². The second-order valence-electron chi connectivity index (χ2n) is 10.3. The highest BCUT2D eigenvalue weighted by atomic mass is 16.5. The topological polar surface area (TPSA) is 92.6 Å². The normalized spacial score (nSPS) is 20.9. The molecule has 1 saturated carbocycles. The molecule has 5 aromatic rings. The van der Waals surface area contributed by atoms with Crippen molar-refractivity contribution in [2.75, 3.05) is 0 Å². The first-order chi connectivity index (χ1) is 17.1. The maximum Gasteiger partial charge on any atom is 0.248 e. The van der Waals surface area contributed by atoms with Crippen molar-refractivity contribution in [3.8, 4) is 22.6 Å². The Kier molecular flexibility index (Phi) is 5.65. The van der Waals surface area contributed by atoms with Crippen LogP contribution in [-0.4, -0.2) is 31.5 Å². The van der Waals surface area contributed by atoms with E-state index in [-0.39, 0.29) is 6.10 Å². The summed E-state index contributed by atoms with van der Waals surface area (Å²) in [5.41, 5.74) is 5.09. The second-order valence-corrected chi connectivity index (χ2v) is 10.3. The summed E-state index contributed by atoms with van der Waals surface area (Å²) in [6, 6.07) is 12.6. The maximum absolute atomic E-state index is 6.35. The molecule has 3 atom stereocenters. The molecule has 180 valence electrons. The number of H-pyrrole nitrogens is 2. The fraction of sp³-hybridized carbons (Fsp3) is 0.393. The van der Waals surface area contributed by atoms with E-state index >= 15 is 0 Å². The molecule has 1 aliphatic carbocycles. The van der Waals surface area contributed by atoms with E-state index in [0.717, 1.165) is 39.5 Å². The van der Waals surface area contributed by atoms with E-state index in [0.29, 0.717) is 36.1 Å². The zero-order chi connectivity index (χ0) is 23.9. The smallest absolute Gasteiger partial charge is 0.248 e. The van der Waals surface area contributed by atoms with Crippen LogP contribution >= 0.6 is 0 Å². The zero-order valence-electron chi connectivity index (χ0n) is 20.4. The van der Waals surface area contributed by atoms with Crippen LogP contribution in [-0.2, 0) is 11.3 Å². The van der Waals surface area contributed by atoms with Gasteiger partial charge in [0.1, 0.15) is 6.61 Å². The summed E-state index contributed by atoms with van der Waals surface area (Å²) in [4.78, 5) is 3.29. The Bertz CT molecular complexity index is 1460. The van der Waals surface area contributed by atoms with Gasteiger partial charge in [-0.05, 0) is 66.0 Å². The van der Waals surface area contributed by atoms with Gasteiger partial charge in [0.2, 0.25) is 11.8 Å². The highest BCUT2D eigenvalue weighted by Gasteiger charge is 2.31. The Morgan fingerprint density at radius 1 is 1.06 bits per heavy atom. The van der Waals surface area contributed by atoms with Crippen LogP contribution in [0.3, 0.4) is 0 Å². The summed E-state index contributed by atoms with van der Waals surface area (Å²) in [7, 11) is 0. The van der Waals surface area contributed by atoms with Crippen LogP contribution in [0.2, 0.25) is 0 Å². The Labute approximate surface area is 204 Å². The maximum atomic E-state index is 6.35. The standard InChI is InChI=1S/C28H31N5O2/c1-16(2)19-8-7-17(3)11-26(19)34-15-27-32-33-28(35-27)22-12-18(13-25-23(22)14-30-31-25)20-5-4-6-24-21(20)9-10-29-24/h4-6,9-10,12-14,16-17,19,26,29H,7-8,11,15H2,1-3H3,(H,30,31)/t17-,19+,26-/m1/s1. The fourth-order valence-corrected chi connectivity index (χ4v) is 5.63. The number of nitrogens with one attached hydrogen (secondary N) is 2. The summed E-state index contributed by atoms with van der Waals surface area (Å²) in [6.07, 6.45) is 7.60. The number of aromatic amines is 2. The monoisotopic (exact) mass is 469 g/mol. The van der Waals surface area contributed by atoms with Crippen LogP contribution in [0, 0.1) is 17.8 Å². The van der Waals surface area contributed by atoms with Gasteiger partial charge in [-0.1, -0.05) is 39.3 Å². The molecule has 0 bridgehead atoms. The molecule has 6 rings (SSSR count). The second kappa shape index (κ2) is 8.96. The molecule has 0 spiro atoms. The number of benzene rings is 2.